The van der Waals surface area contributed by atoms with Crippen molar-refractivity contribution < 1.29 is 0 Å². The van der Waals surface area contributed by atoms with Crippen LogP contribution in [0.4, 0.5) is 0 Å². The molecule has 0 atom stereocenters. The number of halogens is 1. The van der Waals surface area contributed by atoms with E-state index in [1.807, 2.05) is 6.07 Å². The van der Waals surface area contributed by atoms with Gasteiger partial charge in [-0.15, -0.1) is 0 Å². The topological polar surface area (TPSA) is 12.0 Å². The molecule has 0 aliphatic carbocycles. The second-order valence-corrected chi connectivity index (χ2v) is 4.80. The average Bonchev–Trinajstić information content (AvgIpc) is 2.19. The quantitative estimate of drug-likeness (QED) is 0.839. The summed E-state index contributed by atoms with van der Waals surface area (Å²) >= 11 is 2.39. The van der Waals surface area contributed by atoms with Gasteiger partial charge in [0.25, 0.3) is 0 Å². The van der Waals surface area contributed by atoms with E-state index in [0.717, 1.165) is 13.1 Å². The van der Waals surface area contributed by atoms with Gasteiger partial charge in [0.15, 0.2) is 0 Å². The molecular formula is C12H16IN. The lowest BCUT2D eigenvalue weighted by atomic mass is 10.2. The van der Waals surface area contributed by atoms with Crippen LogP contribution >= 0.6 is 22.6 Å². The first-order valence-corrected chi connectivity index (χ1v) is 5.84. The van der Waals surface area contributed by atoms with Gasteiger partial charge in [0.2, 0.25) is 0 Å². The van der Waals surface area contributed by atoms with E-state index in [4.69, 9.17) is 0 Å². The molecule has 1 nitrogen and oxygen atoms in total. The summed E-state index contributed by atoms with van der Waals surface area (Å²) in [5.74, 6) is 0. The highest BCUT2D eigenvalue weighted by Crippen LogP contribution is 2.10. The predicted octanol–water partition coefficient (Wildman–Crippen LogP) is 3.51. The van der Waals surface area contributed by atoms with Crippen molar-refractivity contribution in [2.75, 3.05) is 6.54 Å². The first kappa shape index (κ1) is 11.7. The molecule has 0 radical (unpaired) electrons. The van der Waals surface area contributed by atoms with Crippen LogP contribution in [-0.4, -0.2) is 6.54 Å². The van der Waals surface area contributed by atoms with Crippen LogP contribution in [0.5, 0.6) is 0 Å². The Hall–Kier alpha value is -0.350. The first-order valence-electron chi connectivity index (χ1n) is 4.76. The summed E-state index contributed by atoms with van der Waals surface area (Å²) in [5, 5.41) is 3.42. The summed E-state index contributed by atoms with van der Waals surface area (Å²) in [6.07, 6.45) is 0. The lowest BCUT2D eigenvalue weighted by Crippen LogP contribution is -2.15. The third-order valence-electron chi connectivity index (χ3n) is 1.99. The monoisotopic (exact) mass is 301 g/mol. The Bertz CT molecular complexity index is 299. The number of nitrogens with one attached hydrogen (secondary N) is 1. The fourth-order valence-electron chi connectivity index (χ4n) is 1.09. The van der Waals surface area contributed by atoms with Crippen molar-refractivity contribution in [1.29, 1.82) is 0 Å². The Balaban J connectivity index is 2.33. The molecule has 0 aliphatic rings. The SMILES string of the molecule is CC(C)=C(I)CNCc1ccccc1. The Labute approximate surface area is 99.7 Å². The van der Waals surface area contributed by atoms with Gasteiger partial charge < -0.3 is 5.32 Å². The molecule has 0 bridgehead atoms. The number of allylic oxidation sites excluding steroid dienone is 1. The maximum absolute atomic E-state index is 3.42. The maximum atomic E-state index is 3.42. The van der Waals surface area contributed by atoms with Crippen LogP contribution in [0.3, 0.4) is 0 Å². The summed E-state index contributed by atoms with van der Waals surface area (Å²) in [6, 6.07) is 10.5. The van der Waals surface area contributed by atoms with Crippen LogP contribution in [-0.2, 0) is 6.54 Å². The molecule has 1 N–H and O–H groups in total. The largest absolute Gasteiger partial charge is 0.308 e. The molecule has 2 heteroatoms. The van der Waals surface area contributed by atoms with Gasteiger partial charge in [0.05, 0.1) is 0 Å². The van der Waals surface area contributed by atoms with E-state index in [2.05, 4.69) is 66.0 Å². The highest BCUT2D eigenvalue weighted by atomic mass is 127. The fraction of sp³-hybridized carbons (Fsp3) is 0.333. The predicted molar refractivity (Wildman–Crippen MR) is 70.5 cm³/mol. The Morgan fingerprint density at radius 1 is 1.21 bits per heavy atom. The van der Waals surface area contributed by atoms with E-state index in [1.54, 1.807) is 0 Å². The lowest BCUT2D eigenvalue weighted by Gasteiger charge is -2.05. The maximum Gasteiger partial charge on any atom is 0.0266 e. The third kappa shape index (κ3) is 4.24. The van der Waals surface area contributed by atoms with E-state index in [0.29, 0.717) is 0 Å². The van der Waals surface area contributed by atoms with Gasteiger partial charge >= 0.3 is 0 Å². The van der Waals surface area contributed by atoms with Crippen molar-refractivity contribution in [3.05, 3.63) is 45.0 Å². The molecule has 0 amide bonds. The number of rotatable bonds is 4. The van der Waals surface area contributed by atoms with Crippen molar-refractivity contribution in [3.8, 4) is 0 Å². The second-order valence-electron chi connectivity index (χ2n) is 3.49. The molecule has 1 aromatic carbocycles. The smallest absolute Gasteiger partial charge is 0.0266 e. The van der Waals surface area contributed by atoms with E-state index >= 15 is 0 Å². The van der Waals surface area contributed by atoms with Crippen LogP contribution in [0, 0.1) is 0 Å². The molecule has 1 rings (SSSR count). The van der Waals surface area contributed by atoms with Crippen LogP contribution < -0.4 is 5.32 Å². The van der Waals surface area contributed by atoms with Gasteiger partial charge in [-0.25, -0.2) is 0 Å². The highest BCUT2D eigenvalue weighted by Gasteiger charge is 1.94. The summed E-state index contributed by atoms with van der Waals surface area (Å²) in [7, 11) is 0. The summed E-state index contributed by atoms with van der Waals surface area (Å²) in [6.45, 7) is 6.20. The number of benzene rings is 1. The second kappa shape index (κ2) is 6.19. The van der Waals surface area contributed by atoms with Gasteiger partial charge in [-0.05, 0) is 42.0 Å². The van der Waals surface area contributed by atoms with Gasteiger partial charge in [0, 0.05) is 16.7 Å². The molecule has 0 saturated carbocycles. The van der Waals surface area contributed by atoms with Crippen molar-refractivity contribution in [3.63, 3.8) is 0 Å². The van der Waals surface area contributed by atoms with Crippen LogP contribution in [0.1, 0.15) is 19.4 Å². The molecule has 0 saturated heterocycles. The molecular weight excluding hydrogens is 285 g/mol. The molecule has 0 unspecified atom stereocenters. The standard InChI is InChI=1S/C12H16IN/c1-10(2)12(13)9-14-8-11-6-4-3-5-7-11/h3-7,14H,8-9H2,1-2H3. The third-order valence-corrected chi connectivity index (χ3v) is 3.45. The minimum absolute atomic E-state index is 0.945. The zero-order chi connectivity index (χ0) is 10.4. The van der Waals surface area contributed by atoms with E-state index < -0.39 is 0 Å². The van der Waals surface area contributed by atoms with Crippen molar-refractivity contribution >= 4 is 22.6 Å². The molecule has 14 heavy (non-hydrogen) atoms. The minimum atomic E-state index is 0.945. The van der Waals surface area contributed by atoms with Crippen LogP contribution in [0.15, 0.2) is 39.5 Å². The van der Waals surface area contributed by atoms with Crippen LogP contribution in [0.25, 0.3) is 0 Å². The molecule has 0 aromatic heterocycles. The Morgan fingerprint density at radius 3 is 2.43 bits per heavy atom. The van der Waals surface area contributed by atoms with Gasteiger partial charge in [-0.3, -0.25) is 0 Å². The zero-order valence-corrected chi connectivity index (χ0v) is 10.8. The van der Waals surface area contributed by atoms with E-state index in [-0.39, 0.29) is 0 Å². The van der Waals surface area contributed by atoms with Crippen molar-refractivity contribution in [1.82, 2.24) is 5.32 Å². The molecule has 76 valence electrons. The Morgan fingerprint density at radius 2 is 1.86 bits per heavy atom. The van der Waals surface area contributed by atoms with E-state index in [1.165, 1.54) is 14.7 Å². The summed E-state index contributed by atoms with van der Waals surface area (Å²) < 4.78 is 1.40. The van der Waals surface area contributed by atoms with Gasteiger partial charge in [-0.2, -0.15) is 0 Å². The zero-order valence-electron chi connectivity index (χ0n) is 8.68. The van der Waals surface area contributed by atoms with Gasteiger partial charge in [0.1, 0.15) is 0 Å². The lowest BCUT2D eigenvalue weighted by molar-refractivity contribution is 0.755. The Kier molecular flexibility index (Phi) is 5.19. The summed E-state index contributed by atoms with van der Waals surface area (Å²) in [4.78, 5) is 0. The average molecular weight is 301 g/mol. The number of hydrogen-bond donors (Lipinski definition) is 1. The molecule has 0 aliphatic heterocycles. The molecule has 0 spiro atoms. The van der Waals surface area contributed by atoms with E-state index in [9.17, 15) is 0 Å². The molecule has 1 aromatic rings. The van der Waals surface area contributed by atoms with Gasteiger partial charge in [-0.1, -0.05) is 35.9 Å². The minimum Gasteiger partial charge on any atom is -0.308 e. The highest BCUT2D eigenvalue weighted by molar-refractivity contribution is 14.1. The van der Waals surface area contributed by atoms with Crippen molar-refractivity contribution in [2.45, 2.75) is 20.4 Å². The molecule has 0 fully saturated rings. The first-order chi connectivity index (χ1) is 6.70. The normalized spacial score (nSPS) is 9.93. The van der Waals surface area contributed by atoms with Crippen molar-refractivity contribution in [2.24, 2.45) is 0 Å². The number of hydrogen-bond acceptors (Lipinski definition) is 1. The molecule has 0 heterocycles. The van der Waals surface area contributed by atoms with Crippen LogP contribution in [0.2, 0.25) is 0 Å². The summed E-state index contributed by atoms with van der Waals surface area (Å²) in [5.41, 5.74) is 2.73. The fourth-order valence-corrected chi connectivity index (χ4v) is 1.36.